The Balaban J connectivity index is 1.50. The van der Waals surface area contributed by atoms with Crippen molar-refractivity contribution >= 4 is 33.8 Å². The van der Waals surface area contributed by atoms with Crippen molar-refractivity contribution in [2.75, 3.05) is 17.4 Å². The molecular weight excluding hydrogens is 350 g/mol. The third-order valence-electron chi connectivity index (χ3n) is 3.90. The average Bonchev–Trinajstić information content (AvgIpc) is 3.20. The van der Waals surface area contributed by atoms with Gasteiger partial charge in [0.25, 0.3) is 5.91 Å². The Bertz CT molecular complexity index is 984. The van der Waals surface area contributed by atoms with Crippen LogP contribution in [-0.2, 0) is 0 Å². The zero-order chi connectivity index (χ0) is 18.1. The van der Waals surface area contributed by atoms with Gasteiger partial charge in [0.05, 0.1) is 5.69 Å². The number of amides is 1. The quantitative estimate of drug-likeness (QED) is 0.711. The molecule has 26 heavy (non-hydrogen) atoms. The summed E-state index contributed by atoms with van der Waals surface area (Å²) < 4.78 is 10.6. The number of nitrogens with one attached hydrogen (secondary N) is 2. The van der Waals surface area contributed by atoms with Gasteiger partial charge < -0.3 is 20.1 Å². The van der Waals surface area contributed by atoms with Crippen molar-refractivity contribution in [3.63, 3.8) is 0 Å². The number of thiazole rings is 1. The molecule has 1 aliphatic heterocycles. The Morgan fingerprint density at radius 3 is 2.77 bits per heavy atom. The second-order valence-corrected chi connectivity index (χ2v) is 6.95. The van der Waals surface area contributed by atoms with E-state index in [2.05, 4.69) is 15.6 Å². The number of aryl methyl sites for hydroxylation is 2. The molecule has 0 fully saturated rings. The molecule has 4 rings (SSSR count). The van der Waals surface area contributed by atoms with Crippen molar-refractivity contribution < 1.29 is 14.3 Å². The van der Waals surface area contributed by atoms with E-state index >= 15 is 0 Å². The first-order valence-corrected chi connectivity index (χ1v) is 8.92. The van der Waals surface area contributed by atoms with Crippen LogP contribution in [0, 0.1) is 13.8 Å². The second-order valence-electron chi connectivity index (χ2n) is 5.95. The monoisotopic (exact) mass is 367 g/mol. The van der Waals surface area contributed by atoms with Gasteiger partial charge in [0.1, 0.15) is 4.88 Å². The molecule has 1 aliphatic rings. The number of fused-ring (bicyclic) bond motifs is 1. The first kappa shape index (κ1) is 16.4. The van der Waals surface area contributed by atoms with Gasteiger partial charge in [0.15, 0.2) is 16.6 Å². The maximum atomic E-state index is 12.6. The van der Waals surface area contributed by atoms with Crippen molar-refractivity contribution in [1.82, 2.24) is 4.98 Å². The lowest BCUT2D eigenvalue weighted by Crippen LogP contribution is -2.11. The van der Waals surface area contributed by atoms with Crippen LogP contribution in [0.5, 0.6) is 11.5 Å². The van der Waals surface area contributed by atoms with E-state index in [1.165, 1.54) is 11.3 Å². The highest BCUT2D eigenvalue weighted by molar-refractivity contribution is 7.17. The molecule has 1 amide bonds. The molecule has 0 radical (unpaired) electrons. The Morgan fingerprint density at radius 1 is 1.08 bits per heavy atom. The Hall–Kier alpha value is -3.06. The molecule has 0 aliphatic carbocycles. The highest BCUT2D eigenvalue weighted by Crippen LogP contribution is 2.34. The molecule has 0 bridgehead atoms. The molecule has 0 atom stereocenters. The number of carbonyl (C=O) groups is 1. The van der Waals surface area contributed by atoms with Crippen LogP contribution >= 0.6 is 11.3 Å². The van der Waals surface area contributed by atoms with Gasteiger partial charge in [-0.1, -0.05) is 23.5 Å². The summed E-state index contributed by atoms with van der Waals surface area (Å²) in [4.78, 5) is 17.6. The van der Waals surface area contributed by atoms with Crippen LogP contribution in [0.25, 0.3) is 0 Å². The van der Waals surface area contributed by atoms with Gasteiger partial charge in [-0.3, -0.25) is 4.79 Å². The van der Waals surface area contributed by atoms with E-state index in [1.807, 2.05) is 38.1 Å². The van der Waals surface area contributed by atoms with Gasteiger partial charge in [-0.05, 0) is 43.7 Å². The predicted octanol–water partition coefficient (Wildman–Crippen LogP) is 4.48. The largest absolute Gasteiger partial charge is 0.454 e. The topological polar surface area (TPSA) is 72.5 Å². The van der Waals surface area contributed by atoms with Crippen LogP contribution in [0.3, 0.4) is 0 Å². The van der Waals surface area contributed by atoms with Gasteiger partial charge in [-0.15, -0.1) is 0 Å². The van der Waals surface area contributed by atoms with Crippen LogP contribution in [0.2, 0.25) is 0 Å². The van der Waals surface area contributed by atoms with Gasteiger partial charge in [0.2, 0.25) is 6.79 Å². The fourth-order valence-electron chi connectivity index (χ4n) is 2.67. The Labute approximate surface area is 154 Å². The van der Waals surface area contributed by atoms with Crippen LogP contribution < -0.4 is 20.1 Å². The van der Waals surface area contributed by atoms with Crippen LogP contribution in [0.15, 0.2) is 42.5 Å². The highest BCUT2D eigenvalue weighted by atomic mass is 32.1. The summed E-state index contributed by atoms with van der Waals surface area (Å²) in [5.41, 5.74) is 3.44. The summed E-state index contributed by atoms with van der Waals surface area (Å²) in [5, 5.41) is 6.82. The number of nitrogens with zero attached hydrogens (tertiary/aromatic N) is 1. The SMILES string of the molecule is Cc1cccc(Nc2nc(C)c(C(=O)Nc3ccc4c(c3)OCO4)s2)c1. The maximum Gasteiger partial charge on any atom is 0.267 e. The van der Waals surface area contributed by atoms with Gasteiger partial charge in [-0.25, -0.2) is 4.98 Å². The smallest absolute Gasteiger partial charge is 0.267 e. The van der Waals surface area contributed by atoms with E-state index < -0.39 is 0 Å². The number of carbonyl (C=O) groups excluding carboxylic acids is 1. The summed E-state index contributed by atoms with van der Waals surface area (Å²) in [6.45, 7) is 4.06. The molecule has 0 saturated carbocycles. The number of aromatic nitrogens is 1. The summed E-state index contributed by atoms with van der Waals surface area (Å²) >= 11 is 1.32. The van der Waals surface area contributed by atoms with E-state index in [1.54, 1.807) is 18.2 Å². The molecule has 0 unspecified atom stereocenters. The first-order valence-electron chi connectivity index (χ1n) is 8.10. The molecule has 7 heteroatoms. The van der Waals surface area contributed by atoms with Crippen molar-refractivity contribution in [2.24, 2.45) is 0 Å². The number of anilines is 3. The molecule has 2 heterocycles. The minimum Gasteiger partial charge on any atom is -0.454 e. The number of hydrogen-bond acceptors (Lipinski definition) is 6. The van der Waals surface area contributed by atoms with E-state index in [9.17, 15) is 4.79 Å². The molecule has 6 nitrogen and oxygen atoms in total. The van der Waals surface area contributed by atoms with Crippen LogP contribution in [0.4, 0.5) is 16.5 Å². The molecule has 132 valence electrons. The number of benzene rings is 2. The van der Waals surface area contributed by atoms with Gasteiger partial charge >= 0.3 is 0 Å². The van der Waals surface area contributed by atoms with E-state index in [0.717, 1.165) is 11.3 Å². The third-order valence-corrected chi connectivity index (χ3v) is 4.97. The third kappa shape index (κ3) is 3.34. The second kappa shape index (κ2) is 6.68. The molecule has 2 aromatic carbocycles. The van der Waals surface area contributed by atoms with Gasteiger partial charge in [0, 0.05) is 17.4 Å². The van der Waals surface area contributed by atoms with Crippen molar-refractivity contribution in [2.45, 2.75) is 13.8 Å². The predicted molar refractivity (Wildman–Crippen MR) is 102 cm³/mol. The van der Waals surface area contributed by atoms with E-state index in [0.29, 0.717) is 32.9 Å². The first-order chi connectivity index (χ1) is 12.6. The molecule has 2 N–H and O–H groups in total. The molecular formula is C19H17N3O3S. The zero-order valence-corrected chi connectivity index (χ0v) is 15.1. The van der Waals surface area contributed by atoms with Gasteiger partial charge in [-0.2, -0.15) is 0 Å². The minimum atomic E-state index is -0.198. The summed E-state index contributed by atoms with van der Waals surface area (Å²) in [7, 11) is 0. The highest BCUT2D eigenvalue weighted by Gasteiger charge is 2.18. The lowest BCUT2D eigenvalue weighted by molar-refractivity contribution is 0.103. The lowest BCUT2D eigenvalue weighted by atomic mass is 10.2. The molecule has 3 aromatic rings. The number of hydrogen-bond donors (Lipinski definition) is 2. The minimum absolute atomic E-state index is 0.198. The lowest BCUT2D eigenvalue weighted by Gasteiger charge is -2.05. The normalized spacial score (nSPS) is 12.1. The van der Waals surface area contributed by atoms with Crippen molar-refractivity contribution in [1.29, 1.82) is 0 Å². The Morgan fingerprint density at radius 2 is 1.92 bits per heavy atom. The van der Waals surface area contributed by atoms with E-state index in [4.69, 9.17) is 9.47 Å². The van der Waals surface area contributed by atoms with Crippen LogP contribution in [-0.4, -0.2) is 17.7 Å². The van der Waals surface area contributed by atoms with Crippen molar-refractivity contribution in [3.8, 4) is 11.5 Å². The summed E-state index contributed by atoms with van der Waals surface area (Å²) in [6.07, 6.45) is 0. The number of ether oxygens (including phenoxy) is 2. The molecule has 0 spiro atoms. The average molecular weight is 367 g/mol. The molecule has 1 aromatic heterocycles. The zero-order valence-electron chi connectivity index (χ0n) is 14.3. The maximum absolute atomic E-state index is 12.6. The summed E-state index contributed by atoms with van der Waals surface area (Å²) in [5.74, 6) is 1.11. The number of rotatable bonds is 4. The van der Waals surface area contributed by atoms with Crippen molar-refractivity contribution in [3.05, 3.63) is 58.6 Å². The Kier molecular flexibility index (Phi) is 4.22. The van der Waals surface area contributed by atoms with E-state index in [-0.39, 0.29) is 12.7 Å². The fourth-order valence-corrected chi connectivity index (χ4v) is 3.55. The molecule has 0 saturated heterocycles. The standard InChI is InChI=1S/C19H17N3O3S/c1-11-4-3-5-13(8-11)22-19-20-12(2)17(26-19)18(23)21-14-6-7-15-16(9-14)25-10-24-15/h3-9H,10H2,1-2H3,(H,20,22)(H,21,23). The summed E-state index contributed by atoms with van der Waals surface area (Å²) in [6, 6.07) is 13.3. The fraction of sp³-hybridized carbons (Fsp3) is 0.158. The van der Waals surface area contributed by atoms with Crippen LogP contribution in [0.1, 0.15) is 20.9 Å².